The van der Waals surface area contributed by atoms with E-state index in [2.05, 4.69) is 5.32 Å². The van der Waals surface area contributed by atoms with Gasteiger partial charge in [-0.15, -0.1) is 0 Å². The third kappa shape index (κ3) is 5.44. The van der Waals surface area contributed by atoms with Crippen molar-refractivity contribution < 1.29 is 14.3 Å². The molecule has 0 aliphatic rings. The van der Waals surface area contributed by atoms with E-state index in [1.807, 2.05) is 6.92 Å². The molecule has 0 heterocycles. The zero-order valence-electron chi connectivity index (χ0n) is 10.7. The number of primary amides is 1. The van der Waals surface area contributed by atoms with Crippen molar-refractivity contribution in [1.82, 2.24) is 5.32 Å². The number of carbonyl (C=O) groups excluding carboxylic acids is 1. The molecule has 0 saturated carbocycles. The minimum Gasteiger partial charge on any atom is -0.385 e. The molecule has 0 aromatic carbocycles. The van der Waals surface area contributed by atoms with E-state index in [0.717, 1.165) is 6.42 Å². The molecule has 0 saturated heterocycles. The summed E-state index contributed by atoms with van der Waals surface area (Å²) in [6, 6.07) is 0. The van der Waals surface area contributed by atoms with Gasteiger partial charge in [0, 0.05) is 26.7 Å². The van der Waals surface area contributed by atoms with E-state index >= 15 is 0 Å². The Kier molecular flexibility index (Phi) is 7.29. The Morgan fingerprint density at radius 2 is 2.12 bits per heavy atom. The van der Waals surface area contributed by atoms with Gasteiger partial charge in [0.15, 0.2) is 0 Å². The second-order valence-corrected chi connectivity index (χ2v) is 4.18. The molecule has 0 spiro atoms. The number of likely N-dealkylation sites (N-methyl/N-ethyl adjacent to an activating group) is 1. The van der Waals surface area contributed by atoms with Gasteiger partial charge in [-0.2, -0.15) is 0 Å². The SMILES string of the molecule is CNC(C)(CC(C)OCCCOC)C(N)=O. The summed E-state index contributed by atoms with van der Waals surface area (Å²) >= 11 is 0. The molecule has 5 heteroatoms. The maximum Gasteiger partial charge on any atom is 0.237 e. The molecule has 3 N–H and O–H groups in total. The molecule has 2 unspecified atom stereocenters. The zero-order chi connectivity index (χ0) is 12.6. The van der Waals surface area contributed by atoms with Crippen molar-refractivity contribution in [3.05, 3.63) is 0 Å². The average molecular weight is 232 g/mol. The molecular weight excluding hydrogens is 208 g/mol. The Morgan fingerprint density at radius 3 is 2.56 bits per heavy atom. The molecule has 0 aliphatic carbocycles. The fourth-order valence-electron chi connectivity index (χ4n) is 1.45. The van der Waals surface area contributed by atoms with Crippen LogP contribution in [-0.4, -0.2) is 44.9 Å². The summed E-state index contributed by atoms with van der Waals surface area (Å²) in [5, 5.41) is 2.93. The molecule has 1 amide bonds. The summed E-state index contributed by atoms with van der Waals surface area (Å²) in [5.74, 6) is -0.359. The number of ether oxygens (including phenoxy) is 2. The van der Waals surface area contributed by atoms with Crippen LogP contribution in [0, 0.1) is 0 Å². The lowest BCUT2D eigenvalue weighted by molar-refractivity contribution is -0.125. The predicted molar refractivity (Wildman–Crippen MR) is 63.2 cm³/mol. The molecular formula is C11H24N2O3. The first kappa shape index (κ1) is 15.3. The number of methoxy groups -OCH3 is 1. The van der Waals surface area contributed by atoms with Crippen molar-refractivity contribution in [1.29, 1.82) is 0 Å². The first-order valence-electron chi connectivity index (χ1n) is 5.55. The van der Waals surface area contributed by atoms with E-state index in [9.17, 15) is 4.79 Å². The monoisotopic (exact) mass is 232 g/mol. The minimum atomic E-state index is -0.708. The van der Waals surface area contributed by atoms with Crippen molar-refractivity contribution >= 4 is 5.91 Å². The third-order valence-electron chi connectivity index (χ3n) is 2.69. The molecule has 2 atom stereocenters. The van der Waals surface area contributed by atoms with E-state index < -0.39 is 5.54 Å². The molecule has 0 aromatic heterocycles. The Bertz CT molecular complexity index is 211. The number of carbonyl (C=O) groups is 1. The first-order valence-corrected chi connectivity index (χ1v) is 5.55. The van der Waals surface area contributed by atoms with Crippen molar-refractivity contribution in [3.8, 4) is 0 Å². The Hall–Kier alpha value is -0.650. The van der Waals surface area contributed by atoms with Crippen molar-refractivity contribution in [2.45, 2.75) is 38.3 Å². The third-order valence-corrected chi connectivity index (χ3v) is 2.69. The highest BCUT2D eigenvalue weighted by Crippen LogP contribution is 2.13. The topological polar surface area (TPSA) is 73.6 Å². The minimum absolute atomic E-state index is 0.0122. The van der Waals surface area contributed by atoms with Gasteiger partial charge in [0.1, 0.15) is 0 Å². The van der Waals surface area contributed by atoms with E-state index in [-0.39, 0.29) is 12.0 Å². The van der Waals surface area contributed by atoms with Gasteiger partial charge in [-0.05, 0) is 27.3 Å². The van der Waals surface area contributed by atoms with Gasteiger partial charge in [0.2, 0.25) is 5.91 Å². The van der Waals surface area contributed by atoms with E-state index in [1.165, 1.54) is 0 Å². The van der Waals surface area contributed by atoms with Gasteiger partial charge in [-0.1, -0.05) is 0 Å². The summed E-state index contributed by atoms with van der Waals surface area (Å²) in [6.07, 6.45) is 1.40. The largest absolute Gasteiger partial charge is 0.385 e. The smallest absolute Gasteiger partial charge is 0.237 e. The quantitative estimate of drug-likeness (QED) is 0.560. The predicted octanol–water partition coefficient (Wildman–Crippen LogP) is 0.282. The van der Waals surface area contributed by atoms with Crippen LogP contribution in [0.2, 0.25) is 0 Å². The molecule has 0 rings (SSSR count). The van der Waals surface area contributed by atoms with Crippen LogP contribution in [0.15, 0.2) is 0 Å². The molecule has 0 radical (unpaired) electrons. The first-order chi connectivity index (χ1) is 7.46. The summed E-state index contributed by atoms with van der Waals surface area (Å²) < 4.78 is 10.5. The lowest BCUT2D eigenvalue weighted by Gasteiger charge is -2.28. The molecule has 5 nitrogen and oxygen atoms in total. The van der Waals surface area contributed by atoms with Crippen LogP contribution in [0.25, 0.3) is 0 Å². The van der Waals surface area contributed by atoms with Gasteiger partial charge in [-0.25, -0.2) is 0 Å². The van der Waals surface area contributed by atoms with Gasteiger partial charge in [0.25, 0.3) is 0 Å². The van der Waals surface area contributed by atoms with Crippen LogP contribution in [0.4, 0.5) is 0 Å². The average Bonchev–Trinajstić information content (AvgIpc) is 2.24. The summed E-state index contributed by atoms with van der Waals surface area (Å²) in [7, 11) is 3.39. The molecule has 0 aliphatic heterocycles. The zero-order valence-corrected chi connectivity index (χ0v) is 10.7. The number of hydrogen-bond donors (Lipinski definition) is 2. The highest BCUT2D eigenvalue weighted by atomic mass is 16.5. The van der Waals surface area contributed by atoms with Crippen LogP contribution in [0.3, 0.4) is 0 Å². The Labute approximate surface area is 97.7 Å². The maximum atomic E-state index is 11.2. The number of hydrogen-bond acceptors (Lipinski definition) is 4. The number of amides is 1. The second-order valence-electron chi connectivity index (χ2n) is 4.18. The fourth-order valence-corrected chi connectivity index (χ4v) is 1.45. The summed E-state index contributed by atoms with van der Waals surface area (Å²) in [6.45, 7) is 5.04. The molecule has 0 aromatic rings. The van der Waals surface area contributed by atoms with Crippen LogP contribution >= 0.6 is 0 Å². The van der Waals surface area contributed by atoms with E-state index in [4.69, 9.17) is 15.2 Å². The fraction of sp³-hybridized carbons (Fsp3) is 0.909. The number of nitrogens with one attached hydrogen (secondary N) is 1. The van der Waals surface area contributed by atoms with Crippen molar-refractivity contribution in [3.63, 3.8) is 0 Å². The highest BCUT2D eigenvalue weighted by molar-refractivity contribution is 5.84. The number of nitrogens with two attached hydrogens (primary N) is 1. The van der Waals surface area contributed by atoms with Crippen LogP contribution in [0.5, 0.6) is 0 Å². The lowest BCUT2D eigenvalue weighted by atomic mass is 9.94. The Balaban J connectivity index is 3.92. The normalized spacial score (nSPS) is 16.8. The molecule has 96 valence electrons. The van der Waals surface area contributed by atoms with Gasteiger partial charge < -0.3 is 20.5 Å². The lowest BCUT2D eigenvalue weighted by Crippen LogP contribution is -2.53. The van der Waals surface area contributed by atoms with Crippen molar-refractivity contribution in [2.75, 3.05) is 27.4 Å². The van der Waals surface area contributed by atoms with Gasteiger partial charge in [-0.3, -0.25) is 4.79 Å². The molecule has 16 heavy (non-hydrogen) atoms. The van der Waals surface area contributed by atoms with Crippen LogP contribution in [0.1, 0.15) is 26.7 Å². The van der Waals surface area contributed by atoms with Crippen LogP contribution in [-0.2, 0) is 14.3 Å². The van der Waals surface area contributed by atoms with Gasteiger partial charge in [0.05, 0.1) is 11.6 Å². The summed E-state index contributed by atoms with van der Waals surface area (Å²) in [5.41, 5.74) is 4.62. The van der Waals surface area contributed by atoms with Crippen molar-refractivity contribution in [2.24, 2.45) is 5.73 Å². The molecule has 0 bridgehead atoms. The maximum absolute atomic E-state index is 11.2. The van der Waals surface area contributed by atoms with Crippen LogP contribution < -0.4 is 11.1 Å². The van der Waals surface area contributed by atoms with Gasteiger partial charge >= 0.3 is 0 Å². The molecule has 0 fully saturated rings. The van der Waals surface area contributed by atoms with E-state index in [0.29, 0.717) is 19.6 Å². The highest BCUT2D eigenvalue weighted by Gasteiger charge is 2.31. The second kappa shape index (κ2) is 7.60. The summed E-state index contributed by atoms with van der Waals surface area (Å²) in [4.78, 5) is 11.2. The Morgan fingerprint density at radius 1 is 1.50 bits per heavy atom. The van der Waals surface area contributed by atoms with E-state index in [1.54, 1.807) is 21.1 Å². The number of rotatable bonds is 9. The standard InChI is InChI=1S/C11H24N2O3/c1-9(16-7-5-6-15-4)8-11(2,13-3)10(12)14/h9,13H,5-8H2,1-4H3,(H2,12,14).